The molecule has 0 aliphatic rings. The van der Waals surface area contributed by atoms with Crippen molar-refractivity contribution in [2.75, 3.05) is 20.5 Å². The fraction of sp³-hybridized carbons (Fsp3) is 0.172. The summed E-state index contributed by atoms with van der Waals surface area (Å²) in [4.78, 5) is 12.4. The van der Waals surface area contributed by atoms with Gasteiger partial charge in [0.05, 0.1) is 12.2 Å². The van der Waals surface area contributed by atoms with Gasteiger partial charge in [-0.05, 0) is 30.7 Å². The van der Waals surface area contributed by atoms with E-state index in [9.17, 15) is 10.1 Å². The third kappa shape index (κ3) is 5.57. The van der Waals surface area contributed by atoms with Gasteiger partial charge in [0, 0.05) is 42.4 Å². The Morgan fingerprint density at radius 1 is 0.917 bits per heavy atom. The van der Waals surface area contributed by atoms with E-state index in [4.69, 9.17) is 18.9 Å². The summed E-state index contributed by atoms with van der Waals surface area (Å²) in [6.45, 7) is 2.38. The minimum Gasteiger partial charge on any atom is -0.488 e. The lowest BCUT2D eigenvalue weighted by molar-refractivity contribution is 0.0438. The highest BCUT2D eigenvalue weighted by atomic mass is 16.7. The third-order valence-corrected chi connectivity index (χ3v) is 5.45. The largest absolute Gasteiger partial charge is 0.488 e. The van der Waals surface area contributed by atoms with Gasteiger partial charge in [0.25, 0.3) is 0 Å². The van der Waals surface area contributed by atoms with Gasteiger partial charge in [0.1, 0.15) is 29.7 Å². The lowest BCUT2D eigenvalue weighted by Crippen LogP contribution is -2.10. The number of hydrogen-bond acceptors (Lipinski definition) is 6. The molecule has 0 N–H and O–H groups in total. The number of benzene rings is 3. The predicted octanol–water partition coefficient (Wildman–Crippen LogP) is 5.75. The van der Waals surface area contributed by atoms with Gasteiger partial charge in [-0.25, -0.2) is 4.79 Å². The van der Waals surface area contributed by atoms with Gasteiger partial charge >= 0.3 is 5.97 Å². The van der Waals surface area contributed by atoms with Crippen molar-refractivity contribution < 1.29 is 23.7 Å². The maximum Gasteiger partial charge on any atom is 0.341 e. The highest BCUT2D eigenvalue weighted by Gasteiger charge is 2.18. The zero-order chi connectivity index (χ0) is 25.3. The van der Waals surface area contributed by atoms with E-state index in [2.05, 4.69) is 6.07 Å². The number of hydrogen-bond donors (Lipinski definition) is 0. The first kappa shape index (κ1) is 24.6. The molecule has 0 aliphatic carbocycles. The van der Waals surface area contributed by atoms with Crippen molar-refractivity contribution in [3.05, 3.63) is 102 Å². The van der Waals surface area contributed by atoms with E-state index >= 15 is 0 Å². The smallest absolute Gasteiger partial charge is 0.341 e. The second-order valence-electron chi connectivity index (χ2n) is 7.83. The number of rotatable bonds is 10. The average molecular weight is 483 g/mol. The van der Waals surface area contributed by atoms with Crippen LogP contribution >= 0.6 is 0 Å². The van der Waals surface area contributed by atoms with Gasteiger partial charge < -0.3 is 23.5 Å². The molecule has 182 valence electrons. The van der Waals surface area contributed by atoms with Crippen LogP contribution in [0.5, 0.6) is 11.5 Å². The molecule has 0 radical (unpaired) electrons. The van der Waals surface area contributed by atoms with Gasteiger partial charge in [-0.1, -0.05) is 48.5 Å². The summed E-state index contributed by atoms with van der Waals surface area (Å²) in [5, 5.41) is 9.88. The predicted molar refractivity (Wildman–Crippen MR) is 135 cm³/mol. The zero-order valence-electron chi connectivity index (χ0n) is 20.1. The molecule has 0 aliphatic heterocycles. The number of esters is 1. The molecule has 7 heteroatoms. The van der Waals surface area contributed by atoms with Crippen molar-refractivity contribution in [3.63, 3.8) is 0 Å². The summed E-state index contributed by atoms with van der Waals surface area (Å²) in [5.41, 5.74) is 4.08. The first-order valence-electron chi connectivity index (χ1n) is 11.5. The van der Waals surface area contributed by atoms with E-state index in [1.807, 2.05) is 65.4 Å². The summed E-state index contributed by atoms with van der Waals surface area (Å²) in [5.74, 6) is 0.524. The van der Waals surface area contributed by atoms with Gasteiger partial charge in [0.2, 0.25) is 0 Å². The number of nitriles is 1. The van der Waals surface area contributed by atoms with Gasteiger partial charge in [-0.2, -0.15) is 5.26 Å². The number of ether oxygens (including phenoxy) is 4. The topological polar surface area (TPSA) is 82.7 Å². The molecule has 0 spiro atoms. The van der Waals surface area contributed by atoms with Crippen LogP contribution in [0.15, 0.2) is 85.2 Å². The molecular weight excluding hydrogens is 456 g/mol. The van der Waals surface area contributed by atoms with Gasteiger partial charge in [-0.3, -0.25) is 0 Å². The zero-order valence-corrected chi connectivity index (χ0v) is 20.1. The summed E-state index contributed by atoms with van der Waals surface area (Å²) < 4.78 is 23.7. The van der Waals surface area contributed by atoms with E-state index < -0.39 is 5.97 Å². The van der Waals surface area contributed by atoms with Crippen LogP contribution in [0.2, 0.25) is 0 Å². The number of methoxy groups -OCH3 is 1. The maximum atomic E-state index is 12.4. The molecule has 0 unspecified atom stereocenters. The molecule has 0 fully saturated rings. The van der Waals surface area contributed by atoms with E-state index in [0.717, 1.165) is 16.7 Å². The van der Waals surface area contributed by atoms with E-state index in [1.165, 1.54) is 7.11 Å². The van der Waals surface area contributed by atoms with Crippen LogP contribution in [-0.4, -0.2) is 31.0 Å². The van der Waals surface area contributed by atoms with Gasteiger partial charge in [-0.15, -0.1) is 0 Å². The lowest BCUT2D eigenvalue weighted by Gasteiger charge is -2.13. The molecule has 0 amide bonds. The van der Waals surface area contributed by atoms with Gasteiger partial charge in [0.15, 0.2) is 6.79 Å². The Labute approximate surface area is 210 Å². The number of carbonyl (C=O) groups is 1. The van der Waals surface area contributed by atoms with Crippen LogP contribution in [0.3, 0.4) is 0 Å². The minimum atomic E-state index is -0.481. The number of para-hydroxylation sites is 1. The highest BCUT2D eigenvalue weighted by Crippen LogP contribution is 2.35. The Bertz CT molecular complexity index is 1370. The lowest BCUT2D eigenvalue weighted by atomic mass is 10.0. The molecule has 36 heavy (non-hydrogen) atoms. The fourth-order valence-corrected chi connectivity index (χ4v) is 3.75. The second kappa shape index (κ2) is 11.7. The molecule has 0 bridgehead atoms. The molecule has 0 saturated heterocycles. The summed E-state index contributed by atoms with van der Waals surface area (Å²) >= 11 is 0. The second-order valence-corrected chi connectivity index (χ2v) is 7.83. The summed E-state index contributed by atoms with van der Waals surface area (Å²) in [6, 6.07) is 24.9. The maximum absolute atomic E-state index is 12.4. The Balaban J connectivity index is 1.69. The fourth-order valence-electron chi connectivity index (χ4n) is 3.75. The first-order valence-corrected chi connectivity index (χ1v) is 11.5. The molecule has 4 rings (SSSR count). The van der Waals surface area contributed by atoms with Crippen LogP contribution in [0, 0.1) is 11.3 Å². The molecule has 0 atom stereocenters. The van der Waals surface area contributed by atoms with E-state index in [0.29, 0.717) is 34.9 Å². The molecule has 0 saturated carbocycles. The number of carbonyl (C=O) groups excluding carboxylic acids is 1. The van der Waals surface area contributed by atoms with Crippen molar-refractivity contribution in [2.45, 2.75) is 13.5 Å². The minimum absolute atomic E-state index is 0.0254. The van der Waals surface area contributed by atoms with Crippen LogP contribution in [0.25, 0.3) is 16.8 Å². The molecule has 3 aromatic carbocycles. The highest BCUT2D eigenvalue weighted by molar-refractivity contribution is 5.93. The Morgan fingerprint density at radius 3 is 2.44 bits per heavy atom. The number of aromatic nitrogens is 1. The Hall–Kier alpha value is -4.54. The molecule has 1 heterocycles. The van der Waals surface area contributed by atoms with Crippen LogP contribution in [0.4, 0.5) is 0 Å². The molecule has 7 nitrogen and oxygen atoms in total. The monoisotopic (exact) mass is 482 g/mol. The normalized spacial score (nSPS) is 10.5. The quantitative estimate of drug-likeness (QED) is 0.211. The average Bonchev–Trinajstić information content (AvgIpc) is 3.36. The summed E-state index contributed by atoms with van der Waals surface area (Å²) in [6.07, 6.45) is 3.60. The third-order valence-electron chi connectivity index (χ3n) is 5.45. The van der Waals surface area contributed by atoms with Crippen molar-refractivity contribution in [1.82, 2.24) is 4.57 Å². The van der Waals surface area contributed by atoms with E-state index in [1.54, 1.807) is 31.3 Å². The molecular formula is C29H26N2O5. The first-order chi connectivity index (χ1) is 17.6. The van der Waals surface area contributed by atoms with Crippen molar-refractivity contribution in [1.29, 1.82) is 5.26 Å². The molecule has 1 aromatic heterocycles. The van der Waals surface area contributed by atoms with Crippen LogP contribution < -0.4 is 9.47 Å². The van der Waals surface area contributed by atoms with Crippen LogP contribution in [0.1, 0.15) is 28.4 Å². The van der Waals surface area contributed by atoms with Crippen molar-refractivity contribution >= 4 is 5.97 Å². The molecule has 4 aromatic rings. The Morgan fingerprint density at radius 2 is 1.69 bits per heavy atom. The standard InChI is InChI=1S/C29H26N2O5/c1-3-34-29(32)25-14-13-23(15-28(25)36-20-33-2)31-17-22(16-30)26(18-31)24-11-7-8-12-27(24)35-19-21-9-5-4-6-10-21/h4-15,17-18H,3,19-20H2,1-2H3. The van der Waals surface area contributed by atoms with Crippen molar-refractivity contribution in [2.24, 2.45) is 0 Å². The Kier molecular flexibility index (Phi) is 8.01. The number of nitrogens with zero attached hydrogens (tertiary/aromatic N) is 2. The van der Waals surface area contributed by atoms with E-state index in [-0.39, 0.29) is 13.4 Å². The van der Waals surface area contributed by atoms with Crippen LogP contribution in [-0.2, 0) is 16.1 Å². The van der Waals surface area contributed by atoms with Crippen molar-refractivity contribution in [3.8, 4) is 34.4 Å². The SMILES string of the molecule is CCOC(=O)c1ccc(-n2cc(C#N)c(-c3ccccc3OCc3ccccc3)c2)cc1OCOC. The summed E-state index contributed by atoms with van der Waals surface area (Å²) in [7, 11) is 1.50.